The topological polar surface area (TPSA) is 63.7 Å². The van der Waals surface area contributed by atoms with Gasteiger partial charge in [-0.25, -0.2) is 4.98 Å². The SMILES string of the molecule is CCOC(=O)Cc1csc(NCC2CN(C)CCO2)n1. The van der Waals surface area contributed by atoms with E-state index in [0.717, 1.165) is 37.1 Å². The second-order valence-corrected chi connectivity index (χ2v) is 5.62. The highest BCUT2D eigenvalue weighted by Crippen LogP contribution is 2.16. The standard InChI is InChI=1S/C13H21N3O3S/c1-3-18-12(17)6-10-9-20-13(15-10)14-7-11-8-16(2)4-5-19-11/h9,11H,3-8H2,1-2H3,(H,14,15). The zero-order chi connectivity index (χ0) is 14.4. The highest BCUT2D eigenvalue weighted by atomic mass is 32.1. The molecular weight excluding hydrogens is 278 g/mol. The average molecular weight is 299 g/mol. The molecule has 0 radical (unpaired) electrons. The van der Waals surface area contributed by atoms with Gasteiger partial charge in [-0.2, -0.15) is 0 Å². The minimum absolute atomic E-state index is 0.186. The predicted molar refractivity (Wildman–Crippen MR) is 78.2 cm³/mol. The van der Waals surface area contributed by atoms with Gasteiger partial charge in [-0.3, -0.25) is 4.79 Å². The van der Waals surface area contributed by atoms with E-state index >= 15 is 0 Å². The van der Waals surface area contributed by atoms with Crippen LogP contribution in [0.25, 0.3) is 0 Å². The fraction of sp³-hybridized carbons (Fsp3) is 0.692. The van der Waals surface area contributed by atoms with Crippen LogP contribution in [-0.4, -0.2) is 61.9 Å². The first-order valence-corrected chi connectivity index (χ1v) is 7.69. The van der Waals surface area contributed by atoms with E-state index in [1.165, 1.54) is 11.3 Å². The number of nitrogens with zero attached hydrogens (tertiary/aromatic N) is 2. The quantitative estimate of drug-likeness (QED) is 0.790. The molecule has 0 aliphatic carbocycles. The maximum absolute atomic E-state index is 11.4. The molecule has 1 aromatic heterocycles. The van der Waals surface area contributed by atoms with Crippen LogP contribution in [0.4, 0.5) is 5.13 Å². The van der Waals surface area contributed by atoms with Gasteiger partial charge in [0, 0.05) is 25.0 Å². The van der Waals surface area contributed by atoms with Crippen LogP contribution < -0.4 is 5.32 Å². The lowest BCUT2D eigenvalue weighted by Gasteiger charge is -2.29. The monoisotopic (exact) mass is 299 g/mol. The van der Waals surface area contributed by atoms with Crippen molar-refractivity contribution in [2.45, 2.75) is 19.4 Å². The number of nitrogens with one attached hydrogen (secondary N) is 1. The first kappa shape index (κ1) is 15.2. The van der Waals surface area contributed by atoms with Crippen LogP contribution in [-0.2, 0) is 20.7 Å². The number of hydrogen-bond acceptors (Lipinski definition) is 7. The molecule has 6 nitrogen and oxygen atoms in total. The summed E-state index contributed by atoms with van der Waals surface area (Å²) in [5.41, 5.74) is 0.748. The lowest BCUT2D eigenvalue weighted by atomic mass is 10.3. The lowest BCUT2D eigenvalue weighted by Crippen LogP contribution is -2.43. The molecule has 1 atom stereocenters. The van der Waals surface area contributed by atoms with Crippen LogP contribution in [0.15, 0.2) is 5.38 Å². The number of anilines is 1. The van der Waals surface area contributed by atoms with Crippen molar-refractivity contribution in [3.8, 4) is 0 Å². The number of esters is 1. The lowest BCUT2D eigenvalue weighted by molar-refractivity contribution is -0.142. The van der Waals surface area contributed by atoms with Crippen molar-refractivity contribution < 1.29 is 14.3 Å². The van der Waals surface area contributed by atoms with Crippen LogP contribution in [0.3, 0.4) is 0 Å². The normalized spacial score (nSPS) is 19.8. The summed E-state index contributed by atoms with van der Waals surface area (Å²) < 4.78 is 10.6. The summed E-state index contributed by atoms with van der Waals surface area (Å²) in [5, 5.41) is 5.97. The maximum atomic E-state index is 11.4. The fourth-order valence-corrected chi connectivity index (χ4v) is 2.74. The summed E-state index contributed by atoms with van der Waals surface area (Å²) in [5.74, 6) is -0.235. The number of carbonyl (C=O) groups excluding carboxylic acids is 1. The first-order chi connectivity index (χ1) is 9.67. The van der Waals surface area contributed by atoms with Gasteiger partial charge < -0.3 is 19.7 Å². The molecule has 20 heavy (non-hydrogen) atoms. The molecule has 7 heteroatoms. The van der Waals surface area contributed by atoms with Gasteiger partial charge in [-0.15, -0.1) is 11.3 Å². The second kappa shape index (κ2) is 7.56. The van der Waals surface area contributed by atoms with E-state index in [-0.39, 0.29) is 18.5 Å². The molecule has 1 fully saturated rings. The zero-order valence-electron chi connectivity index (χ0n) is 11.9. The Morgan fingerprint density at radius 3 is 3.30 bits per heavy atom. The van der Waals surface area contributed by atoms with Crippen molar-refractivity contribution in [1.29, 1.82) is 0 Å². The van der Waals surface area contributed by atoms with Gasteiger partial charge in [0.15, 0.2) is 5.13 Å². The van der Waals surface area contributed by atoms with Crippen LogP contribution in [0, 0.1) is 0 Å². The van der Waals surface area contributed by atoms with E-state index in [2.05, 4.69) is 22.2 Å². The Hall–Kier alpha value is -1.18. The van der Waals surface area contributed by atoms with Gasteiger partial charge in [-0.1, -0.05) is 0 Å². The highest BCUT2D eigenvalue weighted by Gasteiger charge is 2.17. The molecule has 2 rings (SSSR count). The summed E-state index contributed by atoms with van der Waals surface area (Å²) >= 11 is 1.50. The number of ether oxygens (including phenoxy) is 2. The Morgan fingerprint density at radius 1 is 1.70 bits per heavy atom. The molecule has 0 aromatic carbocycles. The van der Waals surface area contributed by atoms with E-state index in [4.69, 9.17) is 9.47 Å². The van der Waals surface area contributed by atoms with E-state index in [9.17, 15) is 4.79 Å². The smallest absolute Gasteiger partial charge is 0.311 e. The van der Waals surface area contributed by atoms with Crippen molar-refractivity contribution in [2.24, 2.45) is 0 Å². The highest BCUT2D eigenvalue weighted by molar-refractivity contribution is 7.13. The number of likely N-dealkylation sites (N-methyl/N-ethyl adjacent to an activating group) is 1. The third kappa shape index (κ3) is 4.73. The fourth-order valence-electron chi connectivity index (χ4n) is 2.02. The number of carbonyl (C=O) groups is 1. The molecule has 1 aliphatic heterocycles. The molecule has 1 saturated heterocycles. The Balaban J connectivity index is 1.76. The summed E-state index contributed by atoms with van der Waals surface area (Å²) in [4.78, 5) is 18.0. The largest absolute Gasteiger partial charge is 0.466 e. The van der Waals surface area contributed by atoms with E-state index in [1.807, 2.05) is 5.38 Å². The van der Waals surface area contributed by atoms with Crippen LogP contribution in [0.1, 0.15) is 12.6 Å². The van der Waals surface area contributed by atoms with Crippen LogP contribution in [0.2, 0.25) is 0 Å². The minimum atomic E-state index is -0.235. The Bertz CT molecular complexity index is 438. The number of hydrogen-bond donors (Lipinski definition) is 1. The van der Waals surface area contributed by atoms with E-state index in [0.29, 0.717) is 6.61 Å². The average Bonchev–Trinajstić information content (AvgIpc) is 2.84. The second-order valence-electron chi connectivity index (χ2n) is 4.76. The summed E-state index contributed by atoms with van der Waals surface area (Å²) in [6.07, 6.45) is 0.417. The summed E-state index contributed by atoms with van der Waals surface area (Å²) in [6, 6.07) is 0. The predicted octanol–water partition coefficient (Wildman–Crippen LogP) is 0.991. The Kier molecular flexibility index (Phi) is 5.75. The molecule has 0 spiro atoms. The summed E-state index contributed by atoms with van der Waals surface area (Å²) in [7, 11) is 2.09. The number of aromatic nitrogens is 1. The molecule has 0 saturated carbocycles. The van der Waals surface area contributed by atoms with Crippen molar-refractivity contribution in [2.75, 3.05) is 45.2 Å². The van der Waals surface area contributed by atoms with Crippen molar-refractivity contribution >= 4 is 22.4 Å². The Labute approximate surface area is 123 Å². The van der Waals surface area contributed by atoms with Crippen LogP contribution >= 0.6 is 11.3 Å². The molecule has 1 aliphatic rings. The number of rotatable bonds is 6. The summed E-state index contributed by atoms with van der Waals surface area (Å²) in [6.45, 7) is 5.62. The van der Waals surface area contributed by atoms with Crippen molar-refractivity contribution in [3.05, 3.63) is 11.1 Å². The van der Waals surface area contributed by atoms with Gasteiger partial charge in [0.25, 0.3) is 0 Å². The van der Waals surface area contributed by atoms with Crippen molar-refractivity contribution in [3.63, 3.8) is 0 Å². The third-order valence-corrected chi connectivity index (χ3v) is 3.85. The van der Waals surface area contributed by atoms with Gasteiger partial charge in [0.05, 0.1) is 31.4 Å². The van der Waals surface area contributed by atoms with Gasteiger partial charge in [-0.05, 0) is 14.0 Å². The number of thiazole rings is 1. The molecule has 1 unspecified atom stereocenters. The molecule has 1 aromatic rings. The Morgan fingerprint density at radius 2 is 2.55 bits per heavy atom. The van der Waals surface area contributed by atoms with Gasteiger partial charge in [0.1, 0.15) is 0 Å². The first-order valence-electron chi connectivity index (χ1n) is 6.81. The maximum Gasteiger partial charge on any atom is 0.311 e. The molecule has 0 amide bonds. The van der Waals surface area contributed by atoms with Crippen LogP contribution in [0.5, 0.6) is 0 Å². The minimum Gasteiger partial charge on any atom is -0.466 e. The van der Waals surface area contributed by atoms with Gasteiger partial charge in [0.2, 0.25) is 0 Å². The molecule has 112 valence electrons. The molecule has 0 bridgehead atoms. The molecule has 1 N–H and O–H groups in total. The third-order valence-electron chi connectivity index (χ3n) is 3.01. The van der Waals surface area contributed by atoms with Crippen molar-refractivity contribution in [1.82, 2.24) is 9.88 Å². The zero-order valence-corrected chi connectivity index (χ0v) is 12.7. The molecule has 2 heterocycles. The van der Waals surface area contributed by atoms with E-state index in [1.54, 1.807) is 6.92 Å². The van der Waals surface area contributed by atoms with Gasteiger partial charge >= 0.3 is 5.97 Å². The molecular formula is C13H21N3O3S. The number of morpholine rings is 1. The van der Waals surface area contributed by atoms with E-state index < -0.39 is 0 Å².